The molecular formula is C41H42O5Te. The molecule has 0 radical (unpaired) electrons. The molecule has 0 saturated carbocycles. The number of benzene rings is 5. The number of rotatable bonds is 15. The molecule has 242 valence electrons. The third kappa shape index (κ3) is 10.1. The summed E-state index contributed by atoms with van der Waals surface area (Å²) in [6.07, 6.45) is -1.49. The molecule has 0 unspecified atom stereocenters. The Labute approximate surface area is 288 Å². The number of hydrogen-bond donors (Lipinski definition) is 0. The van der Waals surface area contributed by atoms with Gasteiger partial charge < -0.3 is 0 Å². The second-order valence-electron chi connectivity index (χ2n) is 11.8. The molecule has 0 N–H and O–H groups in total. The zero-order valence-electron chi connectivity index (χ0n) is 26.7. The van der Waals surface area contributed by atoms with Crippen molar-refractivity contribution < 1.29 is 23.7 Å². The molecule has 5 atom stereocenters. The van der Waals surface area contributed by atoms with Gasteiger partial charge in [-0.05, 0) is 0 Å². The Morgan fingerprint density at radius 3 is 1.40 bits per heavy atom. The van der Waals surface area contributed by atoms with Crippen molar-refractivity contribution in [1.82, 2.24) is 0 Å². The van der Waals surface area contributed by atoms with Gasteiger partial charge in [0.25, 0.3) is 0 Å². The first-order chi connectivity index (χ1) is 23.2. The molecule has 6 rings (SSSR count). The van der Waals surface area contributed by atoms with E-state index in [1.165, 1.54) is 9.17 Å². The fourth-order valence-corrected chi connectivity index (χ4v) is 8.81. The normalized spacial score (nSPS) is 21.0. The van der Waals surface area contributed by atoms with Gasteiger partial charge in [-0.25, -0.2) is 0 Å². The quantitative estimate of drug-likeness (QED) is 0.108. The fourth-order valence-electron chi connectivity index (χ4n) is 5.59. The minimum absolute atomic E-state index is 0.158. The van der Waals surface area contributed by atoms with E-state index in [1.54, 1.807) is 0 Å². The predicted molar refractivity (Wildman–Crippen MR) is 186 cm³/mol. The molecule has 6 heteroatoms. The Morgan fingerprint density at radius 2 is 0.915 bits per heavy atom. The van der Waals surface area contributed by atoms with E-state index in [1.807, 2.05) is 72.8 Å². The molecular weight excluding hydrogens is 700 g/mol. The second-order valence-corrected chi connectivity index (χ2v) is 15.1. The predicted octanol–water partition coefficient (Wildman–Crippen LogP) is 7.02. The van der Waals surface area contributed by atoms with Crippen LogP contribution in [0.15, 0.2) is 146 Å². The first-order valence-electron chi connectivity index (χ1n) is 16.2. The average molecular weight is 742 g/mol. The zero-order valence-corrected chi connectivity index (χ0v) is 29.1. The first kappa shape index (κ1) is 33.6. The topological polar surface area (TPSA) is 46.2 Å². The molecule has 5 aromatic carbocycles. The Bertz CT molecular complexity index is 1590. The number of aryl methyl sites for hydroxylation is 1. The van der Waals surface area contributed by atoms with E-state index in [4.69, 9.17) is 23.7 Å². The zero-order chi connectivity index (χ0) is 32.1. The van der Waals surface area contributed by atoms with Crippen molar-refractivity contribution >= 4 is 24.5 Å². The SMILES string of the molecule is Cc1ccc([Te][C@H]2O[C@H](COCc3ccccc3)[C@@H](OCc3ccccc3)[C@H](OCc3ccccc3)[C@H]2OCc2ccccc2)cc1. The molecule has 1 aliphatic rings. The van der Waals surface area contributed by atoms with Crippen LogP contribution >= 0.6 is 0 Å². The van der Waals surface area contributed by atoms with Gasteiger partial charge in [-0.2, -0.15) is 0 Å². The van der Waals surface area contributed by atoms with Crippen molar-refractivity contribution in [3.63, 3.8) is 0 Å². The minimum atomic E-state index is -0.859. The van der Waals surface area contributed by atoms with Crippen molar-refractivity contribution in [3.05, 3.63) is 173 Å². The van der Waals surface area contributed by atoms with Crippen LogP contribution in [0.2, 0.25) is 0 Å². The summed E-state index contributed by atoms with van der Waals surface area (Å²) in [5, 5.41) is 0. The fraction of sp³-hybridized carbons (Fsp3) is 0.268. The van der Waals surface area contributed by atoms with Gasteiger partial charge in [-0.15, -0.1) is 0 Å². The van der Waals surface area contributed by atoms with E-state index in [-0.39, 0.29) is 22.5 Å². The van der Waals surface area contributed by atoms with Crippen LogP contribution in [0.4, 0.5) is 0 Å². The molecule has 0 aromatic heterocycles. The van der Waals surface area contributed by atoms with E-state index < -0.39 is 27.0 Å². The van der Waals surface area contributed by atoms with Crippen molar-refractivity contribution in [3.8, 4) is 0 Å². The van der Waals surface area contributed by atoms with Gasteiger partial charge in [0, 0.05) is 0 Å². The van der Waals surface area contributed by atoms with Crippen molar-refractivity contribution in [2.75, 3.05) is 6.61 Å². The van der Waals surface area contributed by atoms with Crippen molar-refractivity contribution in [2.24, 2.45) is 0 Å². The first-order valence-corrected chi connectivity index (χ1v) is 18.7. The van der Waals surface area contributed by atoms with Crippen LogP contribution in [0.3, 0.4) is 0 Å². The van der Waals surface area contributed by atoms with Gasteiger partial charge in [-0.3, -0.25) is 0 Å². The van der Waals surface area contributed by atoms with E-state index in [0.717, 1.165) is 22.3 Å². The molecule has 1 aliphatic heterocycles. The van der Waals surface area contributed by atoms with Crippen LogP contribution in [0, 0.1) is 6.92 Å². The number of ether oxygens (including phenoxy) is 5. The van der Waals surface area contributed by atoms with Gasteiger partial charge in [0.2, 0.25) is 0 Å². The molecule has 47 heavy (non-hydrogen) atoms. The van der Waals surface area contributed by atoms with Gasteiger partial charge in [0.15, 0.2) is 0 Å². The third-order valence-corrected chi connectivity index (χ3v) is 11.4. The molecule has 1 saturated heterocycles. The Morgan fingerprint density at radius 1 is 0.489 bits per heavy atom. The molecule has 0 spiro atoms. The maximum atomic E-state index is 7.05. The molecule has 5 nitrogen and oxygen atoms in total. The van der Waals surface area contributed by atoms with E-state index in [2.05, 4.69) is 79.7 Å². The monoisotopic (exact) mass is 744 g/mol. The Kier molecular flexibility index (Phi) is 12.7. The summed E-state index contributed by atoms with van der Waals surface area (Å²) >= 11 is -0.859. The summed E-state index contributed by atoms with van der Waals surface area (Å²) in [5.74, 6) is 0. The molecule has 0 amide bonds. The van der Waals surface area contributed by atoms with Crippen LogP contribution in [-0.4, -0.2) is 56.1 Å². The average Bonchev–Trinajstić information content (AvgIpc) is 3.12. The van der Waals surface area contributed by atoms with Gasteiger partial charge in [0.05, 0.1) is 0 Å². The van der Waals surface area contributed by atoms with Crippen LogP contribution in [0.5, 0.6) is 0 Å². The van der Waals surface area contributed by atoms with Crippen LogP contribution in [-0.2, 0) is 50.1 Å². The van der Waals surface area contributed by atoms with Crippen molar-refractivity contribution in [1.29, 1.82) is 0 Å². The summed E-state index contributed by atoms with van der Waals surface area (Å²) in [7, 11) is 0. The van der Waals surface area contributed by atoms with E-state index in [9.17, 15) is 0 Å². The van der Waals surface area contributed by atoms with Crippen LogP contribution in [0.1, 0.15) is 27.8 Å². The van der Waals surface area contributed by atoms with Crippen LogP contribution < -0.4 is 3.61 Å². The molecule has 0 aliphatic carbocycles. The van der Waals surface area contributed by atoms with Crippen molar-refractivity contribution in [2.45, 2.75) is 61.9 Å². The third-order valence-electron chi connectivity index (χ3n) is 8.11. The van der Waals surface area contributed by atoms with Gasteiger partial charge >= 0.3 is 290 Å². The van der Waals surface area contributed by atoms with Crippen LogP contribution in [0.25, 0.3) is 0 Å². The maximum absolute atomic E-state index is 7.05. The summed E-state index contributed by atoms with van der Waals surface area (Å²) in [6, 6.07) is 49.9. The molecule has 1 heterocycles. The van der Waals surface area contributed by atoms with E-state index >= 15 is 0 Å². The second kappa shape index (κ2) is 17.7. The summed E-state index contributed by atoms with van der Waals surface area (Å²) < 4.78 is 35.1. The van der Waals surface area contributed by atoms with E-state index in [0.29, 0.717) is 33.0 Å². The molecule has 1 fully saturated rings. The standard InChI is InChI=1S/C41H42O5Te/c1-31-22-24-36(25-23-31)47-41-40(45-29-35-20-12-5-13-21-35)39(44-28-34-18-10-4-11-19-34)38(43-27-33-16-8-3-9-17-33)37(46-41)30-42-26-32-14-6-2-7-15-32/h2-25,37-41H,26-30H2,1H3/t37-,38-,39+,40-,41-/m1/s1. The summed E-state index contributed by atoms with van der Waals surface area (Å²) in [5.41, 5.74) is 5.67. The van der Waals surface area contributed by atoms with Gasteiger partial charge in [-0.1, -0.05) is 0 Å². The molecule has 0 bridgehead atoms. The molecule has 5 aromatic rings. The van der Waals surface area contributed by atoms with Gasteiger partial charge in [0.1, 0.15) is 0 Å². The Hall–Kier alpha value is -3.31. The Balaban J connectivity index is 1.31. The summed E-state index contributed by atoms with van der Waals surface area (Å²) in [4.78, 5) is 0. The summed E-state index contributed by atoms with van der Waals surface area (Å²) in [6.45, 7) is 4.32. The number of hydrogen-bond acceptors (Lipinski definition) is 5.